The van der Waals surface area contributed by atoms with Crippen LogP contribution in [0.15, 0.2) is 71.6 Å². The second kappa shape index (κ2) is 8.27. The van der Waals surface area contributed by atoms with E-state index in [1.165, 1.54) is 40.5 Å². The van der Waals surface area contributed by atoms with Crippen molar-refractivity contribution < 1.29 is 19.6 Å². The van der Waals surface area contributed by atoms with Crippen LogP contribution in [0.2, 0.25) is 0 Å². The van der Waals surface area contributed by atoms with Gasteiger partial charge in [0.05, 0.1) is 10.5 Å². The topological polar surface area (TPSA) is 104 Å². The molecule has 3 aromatic rings. The molecule has 1 fully saturated rings. The molecule has 9 heteroatoms. The number of thiophene rings is 1. The van der Waals surface area contributed by atoms with E-state index < -0.39 is 28.4 Å². The van der Waals surface area contributed by atoms with Gasteiger partial charge in [-0.1, -0.05) is 18.2 Å². The van der Waals surface area contributed by atoms with E-state index in [-0.39, 0.29) is 16.8 Å². The van der Waals surface area contributed by atoms with Gasteiger partial charge in [0.25, 0.3) is 17.4 Å². The maximum Gasteiger partial charge on any atom is 0.300 e. The summed E-state index contributed by atoms with van der Waals surface area (Å²) in [5, 5.41) is 24.0. The number of hydrogen-bond donors (Lipinski definition) is 1. The van der Waals surface area contributed by atoms with Gasteiger partial charge < -0.3 is 10.0 Å². The van der Waals surface area contributed by atoms with Gasteiger partial charge in [0.2, 0.25) is 0 Å². The van der Waals surface area contributed by atoms with Crippen molar-refractivity contribution in [1.82, 2.24) is 0 Å². The normalized spacial score (nSPS) is 17.6. The fraction of sp³-hybridized carbons (Fsp3) is 0.130. The van der Waals surface area contributed by atoms with Gasteiger partial charge >= 0.3 is 0 Å². The minimum atomic E-state index is -0.848. The Morgan fingerprint density at radius 1 is 1.09 bits per heavy atom. The zero-order valence-electron chi connectivity index (χ0n) is 17.3. The van der Waals surface area contributed by atoms with Gasteiger partial charge in [0, 0.05) is 48.0 Å². The molecule has 2 heterocycles. The molecular formula is C23H19N3O5S. The van der Waals surface area contributed by atoms with Gasteiger partial charge in [0.15, 0.2) is 0 Å². The fourth-order valence-electron chi connectivity index (χ4n) is 3.65. The van der Waals surface area contributed by atoms with Crippen LogP contribution in [0, 0.1) is 10.1 Å². The molecule has 1 unspecified atom stereocenters. The molecule has 0 spiro atoms. The highest BCUT2D eigenvalue weighted by Gasteiger charge is 2.47. The standard InChI is InChI=1S/C23H19N3O5S/c1-24(2)15-8-10-16(11-9-15)25-20(18-7-4-12-32-18)19(22(28)23(25)29)21(27)14-5-3-6-17(13-14)26(30)31/h3-13,20,27H,1-2H3/b21-19-. The summed E-state index contributed by atoms with van der Waals surface area (Å²) in [6.07, 6.45) is 0. The molecule has 1 aromatic heterocycles. The second-order valence-electron chi connectivity index (χ2n) is 7.40. The highest BCUT2D eigenvalue weighted by molar-refractivity contribution is 7.10. The number of ketones is 1. The lowest BCUT2D eigenvalue weighted by molar-refractivity contribution is -0.384. The van der Waals surface area contributed by atoms with Crippen molar-refractivity contribution in [3.8, 4) is 0 Å². The van der Waals surface area contributed by atoms with Crippen LogP contribution >= 0.6 is 11.3 Å². The predicted molar refractivity (Wildman–Crippen MR) is 123 cm³/mol. The third-order valence-corrected chi connectivity index (χ3v) is 6.16. The van der Waals surface area contributed by atoms with Crippen LogP contribution in [0.4, 0.5) is 17.1 Å². The van der Waals surface area contributed by atoms with Crippen molar-refractivity contribution in [3.05, 3.63) is 92.2 Å². The van der Waals surface area contributed by atoms with Crippen LogP contribution < -0.4 is 9.80 Å². The van der Waals surface area contributed by atoms with E-state index in [0.29, 0.717) is 10.6 Å². The van der Waals surface area contributed by atoms with Gasteiger partial charge in [-0.05, 0) is 35.7 Å². The number of anilines is 2. The first-order chi connectivity index (χ1) is 15.3. The van der Waals surface area contributed by atoms with Crippen LogP contribution in [-0.2, 0) is 9.59 Å². The summed E-state index contributed by atoms with van der Waals surface area (Å²) in [6.45, 7) is 0. The summed E-state index contributed by atoms with van der Waals surface area (Å²) in [5.74, 6) is -2.06. The maximum absolute atomic E-state index is 13.1. The summed E-state index contributed by atoms with van der Waals surface area (Å²) in [5.41, 5.74) is 1.20. The molecule has 1 aliphatic heterocycles. The SMILES string of the molecule is CN(C)c1ccc(N2C(=O)C(=O)/C(=C(\O)c3cccc([N+](=O)[O-])c3)C2c2cccs2)cc1. The quantitative estimate of drug-likeness (QED) is 0.204. The average molecular weight is 449 g/mol. The van der Waals surface area contributed by atoms with Crippen molar-refractivity contribution in [2.75, 3.05) is 23.9 Å². The molecule has 162 valence electrons. The number of aliphatic hydroxyl groups excluding tert-OH is 1. The van der Waals surface area contributed by atoms with Crippen molar-refractivity contribution >= 4 is 45.8 Å². The first kappa shape index (κ1) is 21.3. The number of hydrogen-bond acceptors (Lipinski definition) is 7. The van der Waals surface area contributed by atoms with E-state index in [0.717, 1.165) is 5.69 Å². The van der Waals surface area contributed by atoms with Gasteiger partial charge in [-0.3, -0.25) is 24.6 Å². The van der Waals surface area contributed by atoms with E-state index in [1.807, 2.05) is 36.5 Å². The number of aliphatic hydroxyl groups is 1. The predicted octanol–water partition coefficient (Wildman–Crippen LogP) is 4.35. The molecule has 8 nitrogen and oxygen atoms in total. The van der Waals surface area contributed by atoms with Crippen LogP contribution in [0.3, 0.4) is 0 Å². The summed E-state index contributed by atoms with van der Waals surface area (Å²) in [6, 6.07) is 15.2. The Labute approximate surface area is 187 Å². The van der Waals surface area contributed by atoms with E-state index in [4.69, 9.17) is 0 Å². The third kappa shape index (κ3) is 3.63. The molecule has 1 amide bonds. The largest absolute Gasteiger partial charge is 0.507 e. The number of amides is 1. The molecular weight excluding hydrogens is 430 g/mol. The molecule has 0 bridgehead atoms. The van der Waals surface area contributed by atoms with E-state index in [9.17, 15) is 24.8 Å². The molecule has 0 radical (unpaired) electrons. The molecule has 1 saturated heterocycles. The number of nitrogens with zero attached hydrogens (tertiary/aromatic N) is 3. The van der Waals surface area contributed by atoms with Gasteiger partial charge in [-0.2, -0.15) is 0 Å². The molecule has 4 rings (SSSR count). The number of nitro benzene ring substituents is 1. The number of rotatable bonds is 5. The summed E-state index contributed by atoms with van der Waals surface area (Å²) < 4.78 is 0. The molecule has 1 N–H and O–H groups in total. The first-order valence-corrected chi connectivity index (χ1v) is 10.5. The molecule has 0 aliphatic carbocycles. The number of non-ortho nitro benzene ring substituents is 1. The van der Waals surface area contributed by atoms with Gasteiger partial charge in [-0.25, -0.2) is 0 Å². The van der Waals surface area contributed by atoms with Crippen molar-refractivity contribution in [2.24, 2.45) is 0 Å². The molecule has 1 atom stereocenters. The minimum absolute atomic E-state index is 0.0988. The highest BCUT2D eigenvalue weighted by Crippen LogP contribution is 2.43. The summed E-state index contributed by atoms with van der Waals surface area (Å²) in [7, 11) is 3.79. The molecule has 32 heavy (non-hydrogen) atoms. The monoisotopic (exact) mass is 449 g/mol. The van der Waals surface area contributed by atoms with Crippen LogP contribution in [0.1, 0.15) is 16.5 Å². The maximum atomic E-state index is 13.1. The Bertz CT molecular complexity index is 1230. The Kier molecular flexibility index (Phi) is 5.50. The zero-order valence-corrected chi connectivity index (χ0v) is 18.1. The third-order valence-electron chi connectivity index (χ3n) is 5.23. The lowest BCUT2D eigenvalue weighted by Gasteiger charge is -2.25. The fourth-order valence-corrected chi connectivity index (χ4v) is 4.47. The number of carbonyl (C=O) groups excluding carboxylic acids is 2. The number of nitro groups is 1. The first-order valence-electron chi connectivity index (χ1n) is 9.66. The lowest BCUT2D eigenvalue weighted by Crippen LogP contribution is -2.29. The van der Waals surface area contributed by atoms with E-state index >= 15 is 0 Å². The van der Waals surface area contributed by atoms with Crippen molar-refractivity contribution in [3.63, 3.8) is 0 Å². The number of Topliss-reactive ketones (excluding diaryl/α,β-unsaturated/α-hetero) is 1. The van der Waals surface area contributed by atoms with Gasteiger partial charge in [0.1, 0.15) is 11.8 Å². The lowest BCUT2D eigenvalue weighted by atomic mass is 9.99. The summed E-state index contributed by atoms with van der Waals surface area (Å²) >= 11 is 1.35. The Balaban J connectivity index is 1.88. The van der Waals surface area contributed by atoms with Crippen molar-refractivity contribution in [1.29, 1.82) is 0 Å². The Morgan fingerprint density at radius 2 is 1.81 bits per heavy atom. The number of benzene rings is 2. The Morgan fingerprint density at radius 3 is 2.41 bits per heavy atom. The molecule has 2 aromatic carbocycles. The molecule has 1 aliphatic rings. The molecule has 0 saturated carbocycles. The Hall–Kier alpha value is -3.98. The number of carbonyl (C=O) groups is 2. The van der Waals surface area contributed by atoms with Crippen LogP contribution in [0.5, 0.6) is 0 Å². The van der Waals surface area contributed by atoms with E-state index in [1.54, 1.807) is 24.3 Å². The van der Waals surface area contributed by atoms with Crippen LogP contribution in [-0.4, -0.2) is 35.8 Å². The average Bonchev–Trinajstić information content (AvgIpc) is 3.40. The van der Waals surface area contributed by atoms with E-state index in [2.05, 4.69) is 0 Å². The van der Waals surface area contributed by atoms with Crippen molar-refractivity contribution in [2.45, 2.75) is 6.04 Å². The van der Waals surface area contributed by atoms with Crippen LogP contribution in [0.25, 0.3) is 5.76 Å². The summed E-state index contributed by atoms with van der Waals surface area (Å²) in [4.78, 5) is 40.7. The zero-order chi connectivity index (χ0) is 23.0. The second-order valence-corrected chi connectivity index (χ2v) is 8.38. The highest BCUT2D eigenvalue weighted by atomic mass is 32.1. The minimum Gasteiger partial charge on any atom is -0.507 e. The van der Waals surface area contributed by atoms with Gasteiger partial charge in [-0.15, -0.1) is 11.3 Å². The smallest absolute Gasteiger partial charge is 0.300 e.